The lowest BCUT2D eigenvalue weighted by atomic mass is 10.2. The van der Waals surface area contributed by atoms with Crippen LogP contribution in [0.15, 0.2) is 24.3 Å². The molecule has 0 aliphatic heterocycles. The Bertz CT molecular complexity index is 330. The molecular weight excluding hydrogens is 176 g/mol. The fourth-order valence-electron chi connectivity index (χ4n) is 1.06. The summed E-state index contributed by atoms with van der Waals surface area (Å²) in [6.07, 6.45) is 0. The third-order valence-corrected chi connectivity index (χ3v) is 1.96. The Morgan fingerprint density at radius 1 is 1.57 bits per heavy atom. The van der Waals surface area contributed by atoms with Gasteiger partial charge in [-0.3, -0.25) is 0 Å². The van der Waals surface area contributed by atoms with Gasteiger partial charge >= 0.3 is 0 Å². The lowest BCUT2D eigenvalue weighted by Crippen LogP contribution is -2.14. The molecule has 1 aromatic rings. The second-order valence-corrected chi connectivity index (χ2v) is 3.36. The number of hydrogen-bond donors (Lipinski definition) is 2. The predicted octanol–water partition coefficient (Wildman–Crippen LogP) is 1.60. The smallest absolute Gasteiger partial charge is 0.0992 e. The van der Waals surface area contributed by atoms with Crippen molar-refractivity contribution < 1.29 is 5.11 Å². The molecule has 1 aromatic carbocycles. The fraction of sp³-hybridized carbons (Fsp3) is 0.364. The van der Waals surface area contributed by atoms with Gasteiger partial charge in [0, 0.05) is 18.8 Å². The summed E-state index contributed by atoms with van der Waals surface area (Å²) in [5, 5.41) is 20.6. The van der Waals surface area contributed by atoms with Gasteiger partial charge in [0.2, 0.25) is 0 Å². The Morgan fingerprint density at radius 3 is 3.00 bits per heavy atom. The molecule has 0 aliphatic carbocycles. The monoisotopic (exact) mass is 190 g/mol. The SMILES string of the molecule is CC(CO)CNc1cccc(C#N)c1. The first kappa shape index (κ1) is 10.6. The van der Waals surface area contributed by atoms with E-state index in [2.05, 4.69) is 11.4 Å². The van der Waals surface area contributed by atoms with Gasteiger partial charge in [-0.15, -0.1) is 0 Å². The lowest BCUT2D eigenvalue weighted by molar-refractivity contribution is 0.244. The van der Waals surface area contributed by atoms with E-state index in [1.54, 1.807) is 12.1 Å². The first-order valence-corrected chi connectivity index (χ1v) is 4.61. The van der Waals surface area contributed by atoms with Gasteiger partial charge in [-0.1, -0.05) is 13.0 Å². The second kappa shape index (κ2) is 5.25. The minimum atomic E-state index is 0.172. The first-order chi connectivity index (χ1) is 6.76. The van der Waals surface area contributed by atoms with E-state index in [1.807, 2.05) is 19.1 Å². The zero-order chi connectivity index (χ0) is 10.4. The maximum absolute atomic E-state index is 8.82. The molecule has 1 unspecified atom stereocenters. The van der Waals surface area contributed by atoms with Crippen molar-refractivity contribution in [3.63, 3.8) is 0 Å². The first-order valence-electron chi connectivity index (χ1n) is 4.61. The van der Waals surface area contributed by atoms with E-state index in [4.69, 9.17) is 10.4 Å². The topological polar surface area (TPSA) is 56.0 Å². The maximum Gasteiger partial charge on any atom is 0.0992 e. The number of anilines is 1. The molecule has 0 heterocycles. The van der Waals surface area contributed by atoms with Gasteiger partial charge in [0.25, 0.3) is 0 Å². The van der Waals surface area contributed by atoms with E-state index in [0.717, 1.165) is 5.69 Å². The van der Waals surface area contributed by atoms with Crippen molar-refractivity contribution in [2.75, 3.05) is 18.5 Å². The van der Waals surface area contributed by atoms with Crippen LogP contribution < -0.4 is 5.32 Å². The number of nitriles is 1. The van der Waals surface area contributed by atoms with Crippen molar-refractivity contribution in [1.29, 1.82) is 5.26 Å². The summed E-state index contributed by atoms with van der Waals surface area (Å²) in [5.74, 6) is 0.223. The van der Waals surface area contributed by atoms with Gasteiger partial charge in [-0.25, -0.2) is 0 Å². The van der Waals surface area contributed by atoms with Crippen molar-refractivity contribution in [1.82, 2.24) is 0 Å². The van der Waals surface area contributed by atoms with E-state index in [1.165, 1.54) is 0 Å². The molecule has 0 aliphatic rings. The molecule has 0 radical (unpaired) electrons. The van der Waals surface area contributed by atoms with Crippen molar-refractivity contribution in [3.05, 3.63) is 29.8 Å². The average molecular weight is 190 g/mol. The molecule has 0 aromatic heterocycles. The van der Waals surface area contributed by atoms with Crippen molar-refractivity contribution >= 4 is 5.69 Å². The van der Waals surface area contributed by atoms with Crippen LogP contribution in [0, 0.1) is 17.2 Å². The van der Waals surface area contributed by atoms with E-state index >= 15 is 0 Å². The summed E-state index contributed by atoms with van der Waals surface area (Å²) < 4.78 is 0. The minimum Gasteiger partial charge on any atom is -0.396 e. The lowest BCUT2D eigenvalue weighted by Gasteiger charge is -2.10. The number of benzene rings is 1. The van der Waals surface area contributed by atoms with E-state index in [9.17, 15) is 0 Å². The second-order valence-electron chi connectivity index (χ2n) is 3.36. The summed E-state index contributed by atoms with van der Waals surface area (Å²) in [7, 11) is 0. The van der Waals surface area contributed by atoms with Gasteiger partial charge in [0.15, 0.2) is 0 Å². The van der Waals surface area contributed by atoms with Gasteiger partial charge in [-0.05, 0) is 24.1 Å². The van der Waals surface area contributed by atoms with Crippen LogP contribution in [0.2, 0.25) is 0 Å². The minimum absolute atomic E-state index is 0.172. The van der Waals surface area contributed by atoms with Gasteiger partial charge in [-0.2, -0.15) is 5.26 Å². The molecule has 14 heavy (non-hydrogen) atoms. The molecule has 0 amide bonds. The van der Waals surface area contributed by atoms with Gasteiger partial charge < -0.3 is 10.4 Å². The number of nitrogens with one attached hydrogen (secondary N) is 1. The number of aliphatic hydroxyl groups excluding tert-OH is 1. The summed E-state index contributed by atoms with van der Waals surface area (Å²) in [4.78, 5) is 0. The van der Waals surface area contributed by atoms with Crippen LogP contribution in [-0.4, -0.2) is 18.3 Å². The van der Waals surface area contributed by atoms with E-state index in [-0.39, 0.29) is 12.5 Å². The van der Waals surface area contributed by atoms with Crippen LogP contribution in [0.25, 0.3) is 0 Å². The highest BCUT2D eigenvalue weighted by Crippen LogP contribution is 2.10. The Balaban J connectivity index is 2.55. The molecular formula is C11H14N2O. The normalized spacial score (nSPS) is 11.8. The number of rotatable bonds is 4. The molecule has 1 atom stereocenters. The Hall–Kier alpha value is -1.53. The third kappa shape index (κ3) is 3.08. The van der Waals surface area contributed by atoms with E-state index in [0.29, 0.717) is 12.1 Å². The van der Waals surface area contributed by atoms with Crippen molar-refractivity contribution in [3.8, 4) is 6.07 Å². The Morgan fingerprint density at radius 2 is 2.36 bits per heavy atom. The molecule has 3 heteroatoms. The van der Waals surface area contributed by atoms with Crippen LogP contribution in [0.4, 0.5) is 5.69 Å². The molecule has 2 N–H and O–H groups in total. The number of hydrogen-bond acceptors (Lipinski definition) is 3. The largest absolute Gasteiger partial charge is 0.396 e. The molecule has 0 bridgehead atoms. The molecule has 3 nitrogen and oxygen atoms in total. The van der Waals surface area contributed by atoms with Crippen molar-refractivity contribution in [2.24, 2.45) is 5.92 Å². The van der Waals surface area contributed by atoms with Crippen LogP contribution in [-0.2, 0) is 0 Å². The van der Waals surface area contributed by atoms with Gasteiger partial charge in [0.1, 0.15) is 0 Å². The summed E-state index contributed by atoms with van der Waals surface area (Å²) in [5.41, 5.74) is 1.57. The summed E-state index contributed by atoms with van der Waals surface area (Å²) in [6.45, 7) is 2.84. The highest BCUT2D eigenvalue weighted by atomic mass is 16.3. The van der Waals surface area contributed by atoms with Crippen LogP contribution in [0.1, 0.15) is 12.5 Å². The molecule has 0 spiro atoms. The molecule has 0 fully saturated rings. The average Bonchev–Trinajstić information content (AvgIpc) is 2.26. The highest BCUT2D eigenvalue weighted by Gasteiger charge is 1.99. The fourth-order valence-corrected chi connectivity index (χ4v) is 1.06. The van der Waals surface area contributed by atoms with Crippen molar-refractivity contribution in [2.45, 2.75) is 6.92 Å². The Labute approximate surface area is 84.0 Å². The Kier molecular flexibility index (Phi) is 3.96. The quantitative estimate of drug-likeness (QED) is 0.758. The standard InChI is InChI=1S/C11H14N2O/c1-9(8-14)7-13-11-4-2-3-10(5-11)6-12/h2-5,9,13-14H,7-8H2,1H3. The maximum atomic E-state index is 8.82. The van der Waals surface area contributed by atoms with Crippen LogP contribution in [0.3, 0.4) is 0 Å². The highest BCUT2D eigenvalue weighted by molar-refractivity contribution is 5.49. The third-order valence-electron chi connectivity index (χ3n) is 1.96. The number of nitrogens with zero attached hydrogens (tertiary/aromatic N) is 1. The predicted molar refractivity (Wildman–Crippen MR) is 55.9 cm³/mol. The molecule has 0 saturated heterocycles. The summed E-state index contributed by atoms with van der Waals surface area (Å²) >= 11 is 0. The zero-order valence-electron chi connectivity index (χ0n) is 8.20. The zero-order valence-corrected chi connectivity index (χ0v) is 8.20. The van der Waals surface area contributed by atoms with Crippen LogP contribution >= 0.6 is 0 Å². The summed E-state index contributed by atoms with van der Waals surface area (Å²) in [6, 6.07) is 9.39. The molecule has 1 rings (SSSR count). The van der Waals surface area contributed by atoms with Crippen LogP contribution in [0.5, 0.6) is 0 Å². The number of aliphatic hydroxyl groups is 1. The van der Waals surface area contributed by atoms with E-state index < -0.39 is 0 Å². The van der Waals surface area contributed by atoms with Gasteiger partial charge in [0.05, 0.1) is 11.6 Å². The molecule has 0 saturated carbocycles. The molecule has 74 valence electrons.